The average molecular weight is 409 g/mol. The Morgan fingerprint density at radius 1 is 0.704 bits per heavy atom. The van der Waals surface area contributed by atoms with Crippen molar-refractivity contribution < 1.29 is 16.8 Å². The maximum atomic E-state index is 12.8. The highest BCUT2D eigenvalue weighted by Crippen LogP contribution is 2.22. The Hall–Kier alpha value is -1.74. The van der Waals surface area contributed by atoms with E-state index in [0.717, 1.165) is 18.4 Å². The number of hydrogen-bond acceptors (Lipinski definition) is 4. The Labute approximate surface area is 161 Å². The molecular weight excluding hydrogens is 384 g/mol. The molecule has 1 aliphatic heterocycles. The number of benzene rings is 2. The van der Waals surface area contributed by atoms with Crippen molar-refractivity contribution in [2.45, 2.75) is 29.6 Å². The first-order valence-corrected chi connectivity index (χ1v) is 11.9. The first kappa shape index (κ1) is 20.0. The number of sulfonamides is 2. The molecule has 0 unspecified atom stereocenters. The van der Waals surface area contributed by atoms with Crippen LogP contribution in [0.25, 0.3) is 0 Å². The zero-order chi connectivity index (χ0) is 19.5. The van der Waals surface area contributed by atoms with Crippen molar-refractivity contribution in [3.63, 3.8) is 0 Å². The van der Waals surface area contributed by atoms with Gasteiger partial charge in [-0.3, -0.25) is 0 Å². The summed E-state index contributed by atoms with van der Waals surface area (Å²) in [6, 6.07) is 15.2. The van der Waals surface area contributed by atoms with Crippen molar-refractivity contribution in [2.24, 2.45) is 0 Å². The van der Waals surface area contributed by atoms with Gasteiger partial charge in [-0.05, 0) is 36.2 Å². The van der Waals surface area contributed by atoms with Crippen molar-refractivity contribution in [1.82, 2.24) is 8.61 Å². The molecule has 0 spiro atoms. The topological polar surface area (TPSA) is 74.8 Å². The molecule has 146 valence electrons. The van der Waals surface area contributed by atoms with Gasteiger partial charge in [-0.15, -0.1) is 0 Å². The third-order valence-electron chi connectivity index (χ3n) is 4.68. The summed E-state index contributed by atoms with van der Waals surface area (Å²) in [6.45, 7) is 2.65. The second-order valence-electron chi connectivity index (χ2n) is 6.52. The summed E-state index contributed by atoms with van der Waals surface area (Å²) in [6.07, 6.45) is 1.92. The summed E-state index contributed by atoms with van der Waals surface area (Å²) < 4.78 is 53.7. The van der Waals surface area contributed by atoms with Gasteiger partial charge in [-0.25, -0.2) is 16.8 Å². The number of rotatable bonds is 6. The van der Waals surface area contributed by atoms with Crippen molar-refractivity contribution >= 4 is 20.0 Å². The first-order valence-electron chi connectivity index (χ1n) is 9.00. The highest BCUT2D eigenvalue weighted by atomic mass is 32.2. The van der Waals surface area contributed by atoms with E-state index in [4.69, 9.17) is 0 Å². The fourth-order valence-corrected chi connectivity index (χ4v) is 6.02. The lowest BCUT2D eigenvalue weighted by Gasteiger charge is -2.33. The lowest BCUT2D eigenvalue weighted by Crippen LogP contribution is -2.50. The van der Waals surface area contributed by atoms with Crippen molar-refractivity contribution in [2.75, 3.05) is 26.2 Å². The minimum atomic E-state index is -3.62. The Bertz CT molecular complexity index is 964. The average Bonchev–Trinajstić information content (AvgIpc) is 2.69. The number of hydrogen-bond donors (Lipinski definition) is 0. The predicted octanol–water partition coefficient (Wildman–Crippen LogP) is 2.33. The smallest absolute Gasteiger partial charge is 0.207 e. The van der Waals surface area contributed by atoms with Gasteiger partial charge >= 0.3 is 0 Å². The molecule has 0 N–H and O–H groups in total. The predicted molar refractivity (Wildman–Crippen MR) is 104 cm³/mol. The molecule has 1 aliphatic rings. The monoisotopic (exact) mass is 408 g/mol. The molecule has 0 saturated carbocycles. The third kappa shape index (κ3) is 4.24. The van der Waals surface area contributed by atoms with Crippen molar-refractivity contribution in [3.8, 4) is 0 Å². The summed E-state index contributed by atoms with van der Waals surface area (Å²) >= 11 is 0. The molecule has 1 fully saturated rings. The second-order valence-corrected chi connectivity index (χ2v) is 10.4. The van der Waals surface area contributed by atoms with Crippen LogP contribution in [-0.2, 0) is 26.5 Å². The molecule has 27 heavy (non-hydrogen) atoms. The molecule has 0 bridgehead atoms. The maximum absolute atomic E-state index is 12.8. The largest absolute Gasteiger partial charge is 0.243 e. The zero-order valence-electron chi connectivity index (χ0n) is 15.3. The zero-order valence-corrected chi connectivity index (χ0v) is 16.9. The van der Waals surface area contributed by atoms with Gasteiger partial charge in [0.15, 0.2) is 0 Å². The lowest BCUT2D eigenvalue weighted by atomic mass is 10.1. The third-order valence-corrected chi connectivity index (χ3v) is 8.50. The van der Waals surface area contributed by atoms with Gasteiger partial charge < -0.3 is 0 Å². The minimum Gasteiger partial charge on any atom is -0.207 e. The summed E-state index contributed by atoms with van der Waals surface area (Å²) in [5.41, 5.74) is 1.11. The summed E-state index contributed by atoms with van der Waals surface area (Å²) in [7, 11) is -7.21. The Morgan fingerprint density at radius 2 is 1.15 bits per heavy atom. The fraction of sp³-hybridized carbons (Fsp3) is 0.368. The van der Waals surface area contributed by atoms with Crippen LogP contribution in [0.5, 0.6) is 0 Å². The maximum Gasteiger partial charge on any atom is 0.243 e. The van der Waals surface area contributed by atoms with Crippen LogP contribution in [0, 0.1) is 0 Å². The molecule has 8 heteroatoms. The van der Waals surface area contributed by atoms with E-state index in [-0.39, 0.29) is 36.0 Å². The van der Waals surface area contributed by atoms with Crippen LogP contribution >= 0.6 is 0 Å². The van der Waals surface area contributed by atoms with E-state index in [1.54, 1.807) is 42.5 Å². The molecule has 0 radical (unpaired) electrons. The summed E-state index contributed by atoms with van der Waals surface area (Å²) in [5.74, 6) is 0. The Kier molecular flexibility index (Phi) is 6.00. The van der Waals surface area contributed by atoms with Crippen LogP contribution in [-0.4, -0.2) is 51.6 Å². The van der Waals surface area contributed by atoms with E-state index < -0.39 is 20.0 Å². The van der Waals surface area contributed by atoms with Gasteiger partial charge in [0.25, 0.3) is 0 Å². The van der Waals surface area contributed by atoms with Crippen LogP contribution in [0.3, 0.4) is 0 Å². The molecule has 0 aromatic heterocycles. The Balaban J connectivity index is 1.71. The SMILES string of the molecule is CCCc1ccc(S(=O)(=O)N2CCN(S(=O)(=O)c3ccccc3)CC2)cc1. The van der Waals surface area contributed by atoms with Crippen LogP contribution in [0.1, 0.15) is 18.9 Å². The van der Waals surface area contributed by atoms with Crippen LogP contribution < -0.4 is 0 Å². The minimum absolute atomic E-state index is 0.143. The normalized spacial score (nSPS) is 17.1. The molecule has 0 amide bonds. The van der Waals surface area contributed by atoms with E-state index in [2.05, 4.69) is 6.92 Å². The molecule has 0 aliphatic carbocycles. The van der Waals surface area contributed by atoms with Crippen LogP contribution in [0.15, 0.2) is 64.4 Å². The number of aryl methyl sites for hydroxylation is 1. The van der Waals surface area contributed by atoms with Gasteiger partial charge in [0, 0.05) is 26.2 Å². The van der Waals surface area contributed by atoms with E-state index in [0.29, 0.717) is 0 Å². The molecule has 1 saturated heterocycles. The van der Waals surface area contributed by atoms with E-state index in [1.807, 2.05) is 12.1 Å². The van der Waals surface area contributed by atoms with Gasteiger partial charge in [-0.1, -0.05) is 43.7 Å². The molecule has 0 atom stereocenters. The fourth-order valence-electron chi connectivity index (χ4n) is 3.16. The van der Waals surface area contributed by atoms with Gasteiger partial charge in [0.05, 0.1) is 9.79 Å². The highest BCUT2D eigenvalue weighted by molar-refractivity contribution is 7.89. The molecule has 2 aromatic rings. The van der Waals surface area contributed by atoms with E-state index >= 15 is 0 Å². The standard InChI is InChI=1S/C19H24N2O4S2/c1-2-6-17-9-11-19(12-10-17)27(24,25)21-15-13-20(14-16-21)26(22,23)18-7-4-3-5-8-18/h3-5,7-12H,2,6,13-16H2,1H3. The van der Waals surface area contributed by atoms with Gasteiger partial charge in [0.2, 0.25) is 20.0 Å². The van der Waals surface area contributed by atoms with Crippen molar-refractivity contribution in [3.05, 3.63) is 60.2 Å². The molecule has 3 rings (SSSR count). The molecular formula is C19H24N2O4S2. The molecule has 2 aromatic carbocycles. The van der Waals surface area contributed by atoms with Gasteiger partial charge in [-0.2, -0.15) is 8.61 Å². The van der Waals surface area contributed by atoms with E-state index in [9.17, 15) is 16.8 Å². The Morgan fingerprint density at radius 3 is 1.59 bits per heavy atom. The molecule has 6 nitrogen and oxygen atoms in total. The van der Waals surface area contributed by atoms with Crippen molar-refractivity contribution in [1.29, 1.82) is 0 Å². The van der Waals surface area contributed by atoms with E-state index in [1.165, 1.54) is 8.61 Å². The summed E-state index contributed by atoms with van der Waals surface area (Å²) in [4.78, 5) is 0.481. The highest BCUT2D eigenvalue weighted by Gasteiger charge is 2.33. The number of nitrogens with zero attached hydrogens (tertiary/aromatic N) is 2. The van der Waals surface area contributed by atoms with Crippen LogP contribution in [0.4, 0.5) is 0 Å². The molecule has 1 heterocycles. The number of piperazine rings is 1. The quantitative estimate of drug-likeness (QED) is 0.735. The first-order chi connectivity index (χ1) is 12.9. The van der Waals surface area contributed by atoms with Crippen LogP contribution in [0.2, 0.25) is 0 Å². The lowest BCUT2D eigenvalue weighted by molar-refractivity contribution is 0.273. The second kappa shape index (κ2) is 8.10. The van der Waals surface area contributed by atoms with Gasteiger partial charge in [0.1, 0.15) is 0 Å². The summed E-state index contributed by atoms with van der Waals surface area (Å²) in [5, 5.41) is 0.